The molecule has 1 aliphatic carbocycles. The van der Waals surface area contributed by atoms with Gasteiger partial charge in [0.05, 0.1) is 10.6 Å². The molecular formula is C22H26N2O3S. The molecule has 0 saturated heterocycles. The van der Waals surface area contributed by atoms with Crippen molar-refractivity contribution in [2.45, 2.75) is 44.4 Å². The van der Waals surface area contributed by atoms with Crippen LogP contribution in [0.15, 0.2) is 59.0 Å². The Morgan fingerprint density at radius 1 is 1.04 bits per heavy atom. The van der Waals surface area contributed by atoms with E-state index in [2.05, 4.69) is 16.1 Å². The molecule has 2 aromatic carbocycles. The fraction of sp³-hybridized carbons (Fsp3) is 0.318. The van der Waals surface area contributed by atoms with Crippen LogP contribution >= 0.6 is 0 Å². The van der Waals surface area contributed by atoms with E-state index in [-0.39, 0.29) is 10.8 Å². The summed E-state index contributed by atoms with van der Waals surface area (Å²) in [6, 6.07) is 11.7. The molecule has 0 unspecified atom stereocenters. The maximum absolute atomic E-state index is 12.7. The van der Waals surface area contributed by atoms with Crippen LogP contribution in [0.5, 0.6) is 0 Å². The van der Waals surface area contributed by atoms with Crippen LogP contribution in [0.4, 0.5) is 5.69 Å². The Balaban J connectivity index is 1.74. The van der Waals surface area contributed by atoms with Crippen molar-refractivity contribution in [2.75, 3.05) is 11.3 Å². The summed E-state index contributed by atoms with van der Waals surface area (Å²) < 4.78 is 27.9. The number of sulfonamides is 1. The molecule has 0 saturated carbocycles. The molecule has 0 atom stereocenters. The highest BCUT2D eigenvalue weighted by Gasteiger charge is 2.17. The van der Waals surface area contributed by atoms with Gasteiger partial charge in [-0.3, -0.25) is 9.52 Å². The molecule has 6 heteroatoms. The average Bonchev–Trinajstić information content (AvgIpc) is 2.69. The number of amides is 1. The number of nitrogens with one attached hydrogen (secondary N) is 2. The molecule has 28 heavy (non-hydrogen) atoms. The molecular weight excluding hydrogens is 372 g/mol. The van der Waals surface area contributed by atoms with Crippen molar-refractivity contribution in [1.29, 1.82) is 0 Å². The van der Waals surface area contributed by atoms with Crippen molar-refractivity contribution >= 4 is 21.6 Å². The number of hydrogen-bond acceptors (Lipinski definition) is 3. The van der Waals surface area contributed by atoms with Gasteiger partial charge in [0, 0.05) is 12.1 Å². The van der Waals surface area contributed by atoms with Crippen LogP contribution in [0.2, 0.25) is 0 Å². The molecule has 3 rings (SSSR count). The van der Waals surface area contributed by atoms with E-state index < -0.39 is 10.0 Å². The monoisotopic (exact) mass is 398 g/mol. The van der Waals surface area contributed by atoms with Gasteiger partial charge >= 0.3 is 0 Å². The summed E-state index contributed by atoms with van der Waals surface area (Å²) in [6.45, 7) is 4.25. The Hall–Kier alpha value is -2.60. The zero-order valence-corrected chi connectivity index (χ0v) is 17.1. The van der Waals surface area contributed by atoms with Crippen LogP contribution < -0.4 is 10.0 Å². The van der Waals surface area contributed by atoms with E-state index in [1.54, 1.807) is 42.5 Å². The number of anilines is 1. The lowest BCUT2D eigenvalue weighted by Crippen LogP contribution is -2.26. The summed E-state index contributed by atoms with van der Waals surface area (Å²) in [4.78, 5) is 12.7. The fourth-order valence-electron chi connectivity index (χ4n) is 3.16. The molecule has 2 aromatic rings. The second-order valence-corrected chi connectivity index (χ2v) is 8.92. The molecule has 0 fully saturated rings. The highest BCUT2D eigenvalue weighted by Crippen LogP contribution is 2.22. The van der Waals surface area contributed by atoms with Gasteiger partial charge in [0.25, 0.3) is 15.9 Å². The van der Waals surface area contributed by atoms with E-state index >= 15 is 0 Å². The maximum Gasteiger partial charge on any atom is 0.261 e. The third-order valence-electron chi connectivity index (χ3n) is 4.94. The minimum Gasteiger partial charge on any atom is -0.348 e. The first-order valence-electron chi connectivity index (χ1n) is 9.51. The second kappa shape index (κ2) is 8.61. The quantitative estimate of drug-likeness (QED) is 0.711. The second-order valence-electron chi connectivity index (χ2n) is 7.24. The molecule has 5 nitrogen and oxygen atoms in total. The number of rotatable bonds is 6. The van der Waals surface area contributed by atoms with Crippen LogP contribution in [0.1, 0.15) is 47.2 Å². The summed E-state index contributed by atoms with van der Waals surface area (Å²) >= 11 is 0. The van der Waals surface area contributed by atoms with Crippen molar-refractivity contribution in [2.24, 2.45) is 0 Å². The third-order valence-corrected chi connectivity index (χ3v) is 6.32. The highest BCUT2D eigenvalue weighted by molar-refractivity contribution is 7.92. The summed E-state index contributed by atoms with van der Waals surface area (Å²) in [5, 5.41) is 2.93. The van der Waals surface area contributed by atoms with E-state index in [0.29, 0.717) is 17.8 Å². The van der Waals surface area contributed by atoms with Crippen molar-refractivity contribution in [3.05, 3.63) is 70.8 Å². The number of carbonyl (C=O) groups excluding carboxylic acids is 1. The molecule has 2 N–H and O–H groups in total. The van der Waals surface area contributed by atoms with Gasteiger partial charge in [-0.05, 0) is 69.4 Å². The third kappa shape index (κ3) is 5.01. The Labute approximate surface area is 166 Å². The highest BCUT2D eigenvalue weighted by atomic mass is 32.2. The van der Waals surface area contributed by atoms with Gasteiger partial charge in [-0.25, -0.2) is 8.42 Å². The molecule has 0 heterocycles. The molecule has 0 aromatic heterocycles. The van der Waals surface area contributed by atoms with E-state index in [1.807, 2.05) is 13.8 Å². The first-order chi connectivity index (χ1) is 13.3. The fourth-order valence-corrected chi connectivity index (χ4v) is 4.28. The van der Waals surface area contributed by atoms with Crippen LogP contribution in [0.3, 0.4) is 0 Å². The zero-order chi connectivity index (χ0) is 20.1. The van der Waals surface area contributed by atoms with Gasteiger partial charge in [0.2, 0.25) is 0 Å². The van der Waals surface area contributed by atoms with Crippen molar-refractivity contribution in [3.63, 3.8) is 0 Å². The number of carbonyl (C=O) groups is 1. The lowest BCUT2D eigenvalue weighted by molar-refractivity contribution is 0.0956. The zero-order valence-electron chi connectivity index (χ0n) is 16.3. The number of aryl methyl sites for hydroxylation is 2. The lowest BCUT2D eigenvalue weighted by atomic mass is 9.99. The van der Waals surface area contributed by atoms with Gasteiger partial charge in [0.15, 0.2) is 0 Å². The normalized spacial score (nSPS) is 14.3. The summed E-state index contributed by atoms with van der Waals surface area (Å²) in [6.07, 6.45) is 6.66. The number of hydrogen-bond donors (Lipinski definition) is 2. The van der Waals surface area contributed by atoms with Gasteiger partial charge in [-0.1, -0.05) is 35.4 Å². The number of benzene rings is 2. The first kappa shape index (κ1) is 20.1. The summed E-state index contributed by atoms with van der Waals surface area (Å²) in [7, 11) is -3.72. The largest absolute Gasteiger partial charge is 0.348 e. The topological polar surface area (TPSA) is 75.3 Å². The smallest absolute Gasteiger partial charge is 0.261 e. The molecule has 1 amide bonds. The molecule has 0 bridgehead atoms. The van der Waals surface area contributed by atoms with Gasteiger partial charge in [-0.2, -0.15) is 0 Å². The standard InChI is InChI=1S/C22H26N2O3S/c1-16-8-12-20(13-9-16)28(26,27)24-21-14-19(11-10-17(21)2)22(25)23-15-18-6-4-3-5-7-18/h6,8-14,24H,3-5,7,15H2,1-2H3,(H,23,25). The van der Waals surface area contributed by atoms with Crippen molar-refractivity contribution in [1.82, 2.24) is 5.32 Å². The Bertz CT molecular complexity index is 993. The average molecular weight is 399 g/mol. The van der Waals surface area contributed by atoms with Crippen molar-refractivity contribution in [3.8, 4) is 0 Å². The lowest BCUT2D eigenvalue weighted by Gasteiger charge is -2.15. The van der Waals surface area contributed by atoms with Crippen LogP contribution in [-0.4, -0.2) is 20.9 Å². The summed E-state index contributed by atoms with van der Waals surface area (Å²) in [5.41, 5.74) is 3.84. The minimum absolute atomic E-state index is 0.191. The van der Waals surface area contributed by atoms with Crippen LogP contribution in [-0.2, 0) is 10.0 Å². The van der Waals surface area contributed by atoms with Crippen LogP contribution in [0, 0.1) is 13.8 Å². The Morgan fingerprint density at radius 2 is 1.79 bits per heavy atom. The van der Waals surface area contributed by atoms with E-state index in [9.17, 15) is 13.2 Å². The molecule has 0 radical (unpaired) electrons. The van der Waals surface area contributed by atoms with Gasteiger partial charge in [-0.15, -0.1) is 0 Å². The molecule has 0 spiro atoms. The van der Waals surface area contributed by atoms with E-state index in [4.69, 9.17) is 0 Å². The summed E-state index contributed by atoms with van der Waals surface area (Å²) in [5.74, 6) is -0.206. The molecule has 1 aliphatic rings. The molecule has 148 valence electrons. The van der Waals surface area contributed by atoms with E-state index in [0.717, 1.165) is 30.4 Å². The van der Waals surface area contributed by atoms with Crippen molar-refractivity contribution < 1.29 is 13.2 Å². The number of allylic oxidation sites excluding steroid dienone is 1. The van der Waals surface area contributed by atoms with Crippen LogP contribution in [0.25, 0.3) is 0 Å². The first-order valence-corrected chi connectivity index (χ1v) is 11.0. The predicted molar refractivity (Wildman–Crippen MR) is 112 cm³/mol. The molecule has 0 aliphatic heterocycles. The van der Waals surface area contributed by atoms with Gasteiger partial charge < -0.3 is 5.32 Å². The Morgan fingerprint density at radius 3 is 2.46 bits per heavy atom. The SMILES string of the molecule is Cc1ccc(S(=O)(=O)Nc2cc(C(=O)NCC3=CCCCC3)ccc2C)cc1. The predicted octanol–water partition coefficient (Wildman–Crippen LogP) is 4.33. The van der Waals surface area contributed by atoms with E-state index in [1.165, 1.54) is 12.0 Å². The minimum atomic E-state index is -3.72. The maximum atomic E-state index is 12.7. The van der Waals surface area contributed by atoms with Gasteiger partial charge in [0.1, 0.15) is 0 Å². The Kier molecular flexibility index (Phi) is 6.19.